The minimum Gasteiger partial charge on any atom is -0.468 e. The van der Waals surface area contributed by atoms with Crippen molar-refractivity contribution in [2.24, 2.45) is 5.92 Å². The monoisotopic (exact) mass is 347 g/mol. The lowest BCUT2D eigenvalue weighted by molar-refractivity contribution is -0.148. The fourth-order valence-electron chi connectivity index (χ4n) is 2.46. The van der Waals surface area contributed by atoms with Crippen LogP contribution in [0.4, 0.5) is 0 Å². The van der Waals surface area contributed by atoms with Gasteiger partial charge in [0, 0.05) is 15.7 Å². The average molecular weight is 348 g/mol. The summed E-state index contributed by atoms with van der Waals surface area (Å²) in [7, 11) is 1.44. The van der Waals surface area contributed by atoms with Gasteiger partial charge in [0.15, 0.2) is 0 Å². The fourth-order valence-corrected chi connectivity index (χ4v) is 4.24. The van der Waals surface area contributed by atoms with Crippen LogP contribution in [-0.4, -0.2) is 30.9 Å². The summed E-state index contributed by atoms with van der Waals surface area (Å²) in [6.45, 7) is 2.71. The first-order valence-corrected chi connectivity index (χ1v) is 8.69. The molecule has 0 spiro atoms. The molecule has 1 saturated carbocycles. The first-order chi connectivity index (χ1) is 10.0. The molecule has 1 unspecified atom stereocenters. The van der Waals surface area contributed by atoms with Gasteiger partial charge in [-0.25, -0.2) is 0 Å². The van der Waals surface area contributed by atoms with Crippen molar-refractivity contribution in [2.75, 3.05) is 19.4 Å². The molecular weight excluding hydrogens is 329 g/mol. The van der Waals surface area contributed by atoms with E-state index < -0.39 is 5.54 Å². The van der Waals surface area contributed by atoms with Crippen molar-refractivity contribution in [2.45, 2.75) is 30.2 Å². The largest absolute Gasteiger partial charge is 0.468 e. The summed E-state index contributed by atoms with van der Waals surface area (Å²) in [6, 6.07) is 5.36. The van der Waals surface area contributed by atoms with E-state index in [-0.39, 0.29) is 5.97 Å². The molecule has 1 aliphatic carbocycles. The number of halogens is 2. The Morgan fingerprint density at radius 2 is 2.19 bits per heavy atom. The quantitative estimate of drug-likeness (QED) is 0.597. The second-order valence-corrected chi connectivity index (χ2v) is 6.99. The molecule has 0 aromatic heterocycles. The van der Waals surface area contributed by atoms with Gasteiger partial charge in [0.05, 0.1) is 12.1 Å². The van der Waals surface area contributed by atoms with Gasteiger partial charge in [-0.3, -0.25) is 4.79 Å². The van der Waals surface area contributed by atoms with E-state index >= 15 is 0 Å². The molecule has 0 aliphatic heterocycles. The van der Waals surface area contributed by atoms with Crippen LogP contribution in [0.5, 0.6) is 0 Å². The minimum atomic E-state index is -0.639. The van der Waals surface area contributed by atoms with Crippen LogP contribution in [0.2, 0.25) is 10.0 Å². The Morgan fingerprint density at radius 3 is 2.76 bits per heavy atom. The van der Waals surface area contributed by atoms with Crippen molar-refractivity contribution in [3.05, 3.63) is 28.2 Å². The van der Waals surface area contributed by atoms with E-state index in [9.17, 15) is 4.79 Å². The Balaban J connectivity index is 2.18. The van der Waals surface area contributed by atoms with Crippen molar-refractivity contribution in [1.82, 2.24) is 5.32 Å². The van der Waals surface area contributed by atoms with Gasteiger partial charge in [-0.15, -0.1) is 11.8 Å². The van der Waals surface area contributed by atoms with Crippen molar-refractivity contribution < 1.29 is 9.53 Å². The molecule has 116 valence electrons. The van der Waals surface area contributed by atoms with E-state index in [1.807, 2.05) is 13.0 Å². The second kappa shape index (κ2) is 7.23. The highest BCUT2D eigenvalue weighted by Crippen LogP contribution is 2.44. The molecule has 0 radical (unpaired) electrons. The normalized spacial score (nSPS) is 17.3. The molecule has 6 heteroatoms. The van der Waals surface area contributed by atoms with Gasteiger partial charge in [-0.2, -0.15) is 0 Å². The summed E-state index contributed by atoms with van der Waals surface area (Å²) >= 11 is 13.7. The molecule has 0 heterocycles. The maximum Gasteiger partial charge on any atom is 0.327 e. The van der Waals surface area contributed by atoms with Gasteiger partial charge in [-0.1, -0.05) is 30.1 Å². The second-order valence-electron chi connectivity index (χ2n) is 5.13. The molecule has 0 amide bonds. The zero-order valence-corrected chi connectivity index (χ0v) is 14.4. The lowest BCUT2D eigenvalue weighted by Crippen LogP contribution is -2.56. The number of carbonyl (C=O) groups excluding carboxylic acids is 1. The number of ether oxygens (including phenoxy) is 1. The highest BCUT2D eigenvalue weighted by Gasteiger charge is 2.51. The summed E-state index contributed by atoms with van der Waals surface area (Å²) in [5.74, 6) is 0.714. The third-order valence-corrected chi connectivity index (χ3v) is 5.59. The van der Waals surface area contributed by atoms with Gasteiger partial charge in [0.2, 0.25) is 0 Å². The predicted octanol–water partition coefficient (Wildman–Crippen LogP) is 4.02. The van der Waals surface area contributed by atoms with Gasteiger partial charge in [0.1, 0.15) is 5.54 Å². The number of likely N-dealkylation sites (N-methyl/N-ethyl adjacent to an activating group) is 1. The predicted molar refractivity (Wildman–Crippen MR) is 88.3 cm³/mol. The molecule has 1 fully saturated rings. The van der Waals surface area contributed by atoms with Crippen LogP contribution in [-0.2, 0) is 9.53 Å². The Kier molecular flexibility index (Phi) is 5.83. The molecule has 1 atom stereocenters. The highest BCUT2D eigenvalue weighted by molar-refractivity contribution is 7.99. The third-order valence-electron chi connectivity index (χ3n) is 3.66. The molecule has 1 aromatic rings. The molecule has 3 nitrogen and oxygen atoms in total. The first-order valence-electron chi connectivity index (χ1n) is 6.94. The number of rotatable bonds is 7. The van der Waals surface area contributed by atoms with Crippen LogP contribution < -0.4 is 5.32 Å². The van der Waals surface area contributed by atoms with Crippen LogP contribution in [0.15, 0.2) is 23.1 Å². The SMILES string of the molecule is CCNC(CSc1cc(Cl)ccc1Cl)(C(=O)OC)C1CC1. The summed E-state index contributed by atoms with van der Waals surface area (Å²) in [5.41, 5.74) is -0.639. The van der Waals surface area contributed by atoms with E-state index in [2.05, 4.69) is 5.32 Å². The van der Waals surface area contributed by atoms with Crippen LogP contribution >= 0.6 is 35.0 Å². The molecule has 2 rings (SSSR count). The number of hydrogen-bond acceptors (Lipinski definition) is 4. The molecule has 0 bridgehead atoms. The van der Waals surface area contributed by atoms with Gasteiger partial charge < -0.3 is 10.1 Å². The van der Waals surface area contributed by atoms with Crippen molar-refractivity contribution >= 4 is 40.9 Å². The summed E-state index contributed by atoms with van der Waals surface area (Å²) in [4.78, 5) is 13.2. The number of benzene rings is 1. The molecule has 1 aromatic carbocycles. The lowest BCUT2D eigenvalue weighted by atomic mass is 9.95. The molecule has 1 N–H and O–H groups in total. The van der Waals surface area contributed by atoms with Crippen molar-refractivity contribution in [3.8, 4) is 0 Å². The Bertz CT molecular complexity index is 522. The summed E-state index contributed by atoms with van der Waals surface area (Å²) in [6.07, 6.45) is 2.10. The third kappa shape index (κ3) is 3.86. The van der Waals surface area contributed by atoms with Crippen LogP contribution in [0.3, 0.4) is 0 Å². The van der Waals surface area contributed by atoms with Crippen molar-refractivity contribution in [1.29, 1.82) is 0 Å². The van der Waals surface area contributed by atoms with E-state index in [1.165, 1.54) is 7.11 Å². The fraction of sp³-hybridized carbons (Fsp3) is 0.533. The van der Waals surface area contributed by atoms with E-state index in [0.717, 1.165) is 24.3 Å². The van der Waals surface area contributed by atoms with Gasteiger partial charge in [0.25, 0.3) is 0 Å². The van der Waals surface area contributed by atoms with E-state index in [1.54, 1.807) is 23.9 Å². The van der Waals surface area contributed by atoms with Crippen LogP contribution in [0.1, 0.15) is 19.8 Å². The maximum atomic E-state index is 12.3. The number of methoxy groups -OCH3 is 1. The number of nitrogens with one attached hydrogen (secondary N) is 1. The van der Waals surface area contributed by atoms with Crippen LogP contribution in [0.25, 0.3) is 0 Å². The number of esters is 1. The van der Waals surface area contributed by atoms with E-state index in [4.69, 9.17) is 27.9 Å². The summed E-state index contributed by atoms with van der Waals surface area (Å²) < 4.78 is 5.04. The number of carbonyl (C=O) groups is 1. The Hall–Kier alpha value is -0.420. The van der Waals surface area contributed by atoms with Gasteiger partial charge in [-0.05, 0) is 43.5 Å². The smallest absolute Gasteiger partial charge is 0.327 e. The maximum absolute atomic E-state index is 12.3. The van der Waals surface area contributed by atoms with Gasteiger partial charge >= 0.3 is 5.97 Å². The average Bonchev–Trinajstić information content (AvgIpc) is 3.31. The lowest BCUT2D eigenvalue weighted by Gasteiger charge is -2.31. The summed E-state index contributed by atoms with van der Waals surface area (Å²) in [5, 5.41) is 4.63. The Labute approximate surface area is 139 Å². The number of thioether (sulfide) groups is 1. The number of hydrogen-bond donors (Lipinski definition) is 1. The zero-order chi connectivity index (χ0) is 15.5. The molecule has 21 heavy (non-hydrogen) atoms. The molecule has 0 saturated heterocycles. The molecular formula is C15H19Cl2NO2S. The van der Waals surface area contributed by atoms with E-state index in [0.29, 0.717) is 21.7 Å². The zero-order valence-electron chi connectivity index (χ0n) is 12.1. The Morgan fingerprint density at radius 1 is 1.48 bits per heavy atom. The highest BCUT2D eigenvalue weighted by atomic mass is 35.5. The standard InChI is InChI=1S/C15H19Cl2NO2S/c1-3-18-15(10-4-5-10,14(19)20-2)9-21-13-8-11(16)6-7-12(13)17/h6-8,10,18H,3-5,9H2,1-2H3. The minimum absolute atomic E-state index is 0.197. The first kappa shape index (κ1) is 16.9. The van der Waals surface area contributed by atoms with Crippen molar-refractivity contribution in [3.63, 3.8) is 0 Å². The topological polar surface area (TPSA) is 38.3 Å². The molecule has 1 aliphatic rings. The van der Waals surface area contributed by atoms with Crippen LogP contribution in [0, 0.1) is 5.92 Å².